The molecule has 2 heterocycles. The summed E-state index contributed by atoms with van der Waals surface area (Å²) in [6.07, 6.45) is 1.87. The third-order valence-electron chi connectivity index (χ3n) is 7.75. The van der Waals surface area contributed by atoms with Gasteiger partial charge in [-0.3, -0.25) is 14.2 Å². The zero-order chi connectivity index (χ0) is 30.2. The standard InChI is InChI=1S/C35H31N3O4S/c1-20-10-16-28(21(2)18-20)37-33(39)31-22(3)36-35-38(32(31)24-11-14-25(41-4)15-12-24)34(40)30(43-35)19-27-26-9-7-6-8-23(26)13-17-29(27)42-5/h6-19,32H,1-5H3,(H,37,39)/b30-19-/t32-/m1/s1. The van der Waals surface area contributed by atoms with Crippen LogP contribution in [0.25, 0.3) is 16.8 Å². The fourth-order valence-electron chi connectivity index (χ4n) is 5.59. The summed E-state index contributed by atoms with van der Waals surface area (Å²) in [5.74, 6) is 1.04. The number of nitrogens with one attached hydrogen (secondary N) is 1. The maximum atomic E-state index is 14.2. The minimum Gasteiger partial charge on any atom is -0.497 e. The number of carbonyl (C=O) groups excluding carboxylic acids is 1. The second-order valence-corrected chi connectivity index (χ2v) is 11.5. The number of amides is 1. The van der Waals surface area contributed by atoms with Gasteiger partial charge in [0.2, 0.25) is 0 Å². The second-order valence-electron chi connectivity index (χ2n) is 10.5. The van der Waals surface area contributed by atoms with E-state index in [4.69, 9.17) is 14.5 Å². The zero-order valence-electron chi connectivity index (χ0n) is 24.6. The molecule has 5 aromatic rings. The van der Waals surface area contributed by atoms with Gasteiger partial charge in [-0.1, -0.05) is 71.5 Å². The van der Waals surface area contributed by atoms with Gasteiger partial charge in [-0.2, -0.15) is 0 Å². The molecular weight excluding hydrogens is 558 g/mol. The number of benzene rings is 4. The summed E-state index contributed by atoms with van der Waals surface area (Å²) < 4.78 is 13.2. The summed E-state index contributed by atoms with van der Waals surface area (Å²) in [7, 11) is 3.23. The van der Waals surface area contributed by atoms with Crippen LogP contribution < -0.4 is 29.7 Å². The van der Waals surface area contributed by atoms with Gasteiger partial charge < -0.3 is 14.8 Å². The number of nitrogens with zero attached hydrogens (tertiary/aromatic N) is 2. The first kappa shape index (κ1) is 28.2. The average molecular weight is 590 g/mol. The minimum atomic E-state index is -0.690. The number of carbonyl (C=O) groups is 1. The number of fused-ring (bicyclic) bond motifs is 2. The molecule has 1 amide bonds. The molecule has 216 valence electrons. The lowest BCUT2D eigenvalue weighted by atomic mass is 9.95. The molecule has 1 aromatic heterocycles. The molecular formula is C35H31N3O4S. The van der Waals surface area contributed by atoms with E-state index in [1.54, 1.807) is 18.8 Å². The van der Waals surface area contributed by atoms with E-state index in [9.17, 15) is 9.59 Å². The fourth-order valence-corrected chi connectivity index (χ4v) is 6.62. The highest BCUT2D eigenvalue weighted by Gasteiger charge is 2.32. The highest BCUT2D eigenvalue weighted by atomic mass is 32.1. The van der Waals surface area contributed by atoms with Crippen molar-refractivity contribution in [2.75, 3.05) is 19.5 Å². The molecule has 7 nitrogen and oxygen atoms in total. The highest BCUT2D eigenvalue weighted by Crippen LogP contribution is 2.33. The van der Waals surface area contributed by atoms with Crippen LogP contribution in [-0.2, 0) is 4.79 Å². The zero-order valence-corrected chi connectivity index (χ0v) is 25.4. The maximum absolute atomic E-state index is 14.2. The minimum absolute atomic E-state index is 0.233. The van der Waals surface area contributed by atoms with Crippen molar-refractivity contribution in [3.05, 3.63) is 132 Å². The summed E-state index contributed by atoms with van der Waals surface area (Å²) in [5, 5.41) is 5.09. The van der Waals surface area contributed by atoms with Crippen molar-refractivity contribution in [1.29, 1.82) is 0 Å². The lowest BCUT2D eigenvalue weighted by Gasteiger charge is -2.25. The van der Waals surface area contributed by atoms with Crippen molar-refractivity contribution in [3.63, 3.8) is 0 Å². The van der Waals surface area contributed by atoms with Crippen LogP contribution in [0, 0.1) is 13.8 Å². The van der Waals surface area contributed by atoms with Gasteiger partial charge in [0, 0.05) is 11.3 Å². The fraction of sp³-hybridized carbons (Fsp3) is 0.171. The Morgan fingerprint density at radius 1 is 0.953 bits per heavy atom. The van der Waals surface area contributed by atoms with E-state index in [1.807, 2.05) is 106 Å². The Morgan fingerprint density at radius 3 is 2.44 bits per heavy atom. The van der Waals surface area contributed by atoms with Crippen molar-refractivity contribution in [3.8, 4) is 11.5 Å². The molecule has 43 heavy (non-hydrogen) atoms. The normalized spacial score (nSPS) is 14.8. The van der Waals surface area contributed by atoms with E-state index in [2.05, 4.69) is 5.32 Å². The van der Waals surface area contributed by atoms with Crippen molar-refractivity contribution in [2.24, 2.45) is 4.99 Å². The monoisotopic (exact) mass is 589 g/mol. The Kier molecular flexibility index (Phi) is 7.46. The summed E-state index contributed by atoms with van der Waals surface area (Å²) >= 11 is 1.30. The molecule has 8 heteroatoms. The molecule has 6 rings (SSSR count). The molecule has 0 bridgehead atoms. The van der Waals surface area contributed by atoms with Crippen LogP contribution in [0.3, 0.4) is 0 Å². The molecule has 1 aliphatic heterocycles. The van der Waals surface area contributed by atoms with E-state index in [-0.39, 0.29) is 11.5 Å². The van der Waals surface area contributed by atoms with Crippen LogP contribution in [0.15, 0.2) is 99.9 Å². The molecule has 4 aromatic carbocycles. The summed E-state index contributed by atoms with van der Waals surface area (Å²) in [5.41, 5.74) is 5.09. The lowest BCUT2D eigenvalue weighted by molar-refractivity contribution is -0.113. The first-order valence-corrected chi connectivity index (χ1v) is 14.7. The van der Waals surface area contributed by atoms with Crippen LogP contribution in [0.5, 0.6) is 11.5 Å². The van der Waals surface area contributed by atoms with E-state index in [0.717, 1.165) is 33.0 Å². The quantitative estimate of drug-likeness (QED) is 0.277. The first-order chi connectivity index (χ1) is 20.8. The van der Waals surface area contributed by atoms with Crippen LogP contribution in [0.2, 0.25) is 0 Å². The Hall–Kier alpha value is -4.95. The second kappa shape index (κ2) is 11.4. The number of thiazole rings is 1. The van der Waals surface area contributed by atoms with E-state index in [0.29, 0.717) is 37.8 Å². The number of aryl methyl sites for hydroxylation is 2. The van der Waals surface area contributed by atoms with Gasteiger partial charge in [0.05, 0.1) is 36.1 Å². The predicted octanol–water partition coefficient (Wildman–Crippen LogP) is 5.66. The molecule has 1 aliphatic rings. The molecule has 1 atom stereocenters. The van der Waals surface area contributed by atoms with Gasteiger partial charge >= 0.3 is 0 Å². The molecule has 0 radical (unpaired) electrons. The molecule has 1 N–H and O–H groups in total. The number of anilines is 1. The molecule has 0 saturated carbocycles. The van der Waals surface area contributed by atoms with Crippen molar-refractivity contribution in [1.82, 2.24) is 4.57 Å². The van der Waals surface area contributed by atoms with Crippen molar-refractivity contribution < 1.29 is 14.3 Å². The topological polar surface area (TPSA) is 81.9 Å². The highest BCUT2D eigenvalue weighted by molar-refractivity contribution is 7.07. The third kappa shape index (κ3) is 5.15. The lowest BCUT2D eigenvalue weighted by Crippen LogP contribution is -2.40. The molecule has 0 aliphatic carbocycles. The Bertz CT molecular complexity index is 2110. The van der Waals surface area contributed by atoms with Gasteiger partial charge in [0.25, 0.3) is 11.5 Å². The van der Waals surface area contributed by atoms with Gasteiger partial charge in [0.15, 0.2) is 4.80 Å². The molecule has 0 unspecified atom stereocenters. The number of hydrogen-bond donors (Lipinski definition) is 1. The van der Waals surface area contributed by atoms with Gasteiger partial charge in [-0.05, 0) is 73.0 Å². The van der Waals surface area contributed by atoms with Gasteiger partial charge in [-0.25, -0.2) is 4.99 Å². The number of rotatable bonds is 6. The van der Waals surface area contributed by atoms with Gasteiger partial charge in [-0.15, -0.1) is 0 Å². The SMILES string of the molecule is COc1ccc([C@@H]2C(C(=O)Nc3ccc(C)cc3C)=C(C)N=c3s/c(=C\c4c(OC)ccc5ccccc45)c(=O)n32)cc1. The first-order valence-electron chi connectivity index (χ1n) is 13.9. The third-order valence-corrected chi connectivity index (χ3v) is 8.74. The smallest absolute Gasteiger partial charge is 0.271 e. The maximum Gasteiger partial charge on any atom is 0.271 e. The van der Waals surface area contributed by atoms with E-state index >= 15 is 0 Å². The number of allylic oxidation sites excluding steroid dienone is 1. The Labute approximate surface area is 253 Å². The van der Waals surface area contributed by atoms with E-state index in [1.165, 1.54) is 11.3 Å². The van der Waals surface area contributed by atoms with Crippen molar-refractivity contribution >= 4 is 39.8 Å². The number of ether oxygens (including phenoxy) is 2. The predicted molar refractivity (Wildman–Crippen MR) is 172 cm³/mol. The van der Waals surface area contributed by atoms with E-state index < -0.39 is 6.04 Å². The van der Waals surface area contributed by atoms with Crippen LogP contribution in [0.1, 0.15) is 35.2 Å². The Balaban J connectivity index is 1.54. The summed E-state index contributed by atoms with van der Waals surface area (Å²) in [6, 6.07) is 24.5. The van der Waals surface area contributed by atoms with Gasteiger partial charge in [0.1, 0.15) is 11.5 Å². The summed E-state index contributed by atoms with van der Waals surface area (Å²) in [6.45, 7) is 5.79. The van der Waals surface area contributed by atoms with Crippen LogP contribution in [-0.4, -0.2) is 24.7 Å². The van der Waals surface area contributed by atoms with Crippen molar-refractivity contribution in [2.45, 2.75) is 26.8 Å². The molecule has 0 fully saturated rings. The molecule has 0 spiro atoms. The number of methoxy groups -OCH3 is 2. The average Bonchev–Trinajstić information content (AvgIpc) is 3.31. The molecule has 0 saturated heterocycles. The van der Waals surface area contributed by atoms with Crippen LogP contribution in [0.4, 0.5) is 5.69 Å². The van der Waals surface area contributed by atoms with Crippen LogP contribution >= 0.6 is 11.3 Å². The summed E-state index contributed by atoms with van der Waals surface area (Å²) in [4.78, 5) is 33.5. The number of aromatic nitrogens is 1. The Morgan fingerprint density at radius 2 is 1.72 bits per heavy atom. The number of hydrogen-bond acceptors (Lipinski definition) is 6. The largest absolute Gasteiger partial charge is 0.497 e.